The lowest BCUT2D eigenvalue weighted by Crippen LogP contribution is -2.49. The zero-order valence-corrected chi connectivity index (χ0v) is 9.67. The molecule has 82 valence electrons. The molecule has 2 aliphatic heterocycles. The summed E-state index contributed by atoms with van der Waals surface area (Å²) >= 11 is 0. The van der Waals surface area contributed by atoms with Crippen LogP contribution in [-0.4, -0.2) is 29.2 Å². The topological polar surface area (TPSA) is 29.5 Å². The average molecular weight is 199 g/mol. The van der Waals surface area contributed by atoms with Crippen molar-refractivity contribution < 1.29 is 9.53 Å². The highest BCUT2D eigenvalue weighted by Crippen LogP contribution is 2.33. The van der Waals surface area contributed by atoms with Crippen molar-refractivity contribution in [2.24, 2.45) is 0 Å². The molecule has 3 nitrogen and oxygen atoms in total. The van der Waals surface area contributed by atoms with E-state index in [0.717, 1.165) is 19.4 Å². The summed E-state index contributed by atoms with van der Waals surface area (Å²) in [6.45, 7) is 8.66. The minimum Gasteiger partial charge on any atom is -0.354 e. The molecule has 0 N–H and O–H groups in total. The zero-order chi connectivity index (χ0) is 10.8. The van der Waals surface area contributed by atoms with Crippen LogP contribution in [0.5, 0.6) is 0 Å². The molecule has 0 aromatic heterocycles. The van der Waals surface area contributed by atoms with Gasteiger partial charge in [-0.2, -0.15) is 0 Å². The van der Waals surface area contributed by atoms with Crippen molar-refractivity contribution in [1.82, 2.24) is 4.90 Å². The van der Waals surface area contributed by atoms with Gasteiger partial charge in [-0.25, -0.2) is 0 Å². The van der Waals surface area contributed by atoms with Gasteiger partial charge in [0.25, 0.3) is 0 Å². The first-order valence-corrected chi connectivity index (χ1v) is 5.57. The number of amides is 1. The van der Waals surface area contributed by atoms with Crippen LogP contribution in [0, 0.1) is 0 Å². The highest BCUT2D eigenvalue weighted by atomic mass is 16.5. The molecule has 2 rings (SSSR count). The van der Waals surface area contributed by atoms with Gasteiger partial charge in [-0.1, -0.05) is 13.8 Å². The van der Waals surface area contributed by atoms with E-state index in [1.165, 1.54) is 0 Å². The third-order valence-corrected chi connectivity index (χ3v) is 2.77. The molecule has 2 saturated heterocycles. The maximum absolute atomic E-state index is 11.5. The number of carbonyl (C=O) groups excluding carboxylic acids is 1. The number of hydrogen-bond donors (Lipinski definition) is 0. The van der Waals surface area contributed by atoms with Crippen molar-refractivity contribution in [1.29, 1.82) is 0 Å². The zero-order valence-electron chi connectivity index (χ0n) is 9.67. The van der Waals surface area contributed by atoms with Gasteiger partial charge in [0.15, 0.2) is 0 Å². The summed E-state index contributed by atoms with van der Waals surface area (Å²) in [5, 5.41) is 0. The molecule has 3 heteroatoms. The normalized spacial score (nSPS) is 29.3. The monoisotopic (exact) mass is 199 g/mol. The van der Waals surface area contributed by atoms with Crippen molar-refractivity contribution >= 4 is 5.91 Å². The summed E-state index contributed by atoms with van der Waals surface area (Å²) in [7, 11) is 0. The van der Waals surface area contributed by atoms with E-state index in [2.05, 4.69) is 0 Å². The lowest BCUT2D eigenvalue weighted by atomic mass is 10.0. The Labute approximate surface area is 86.4 Å². The second kappa shape index (κ2) is 4.30. The van der Waals surface area contributed by atoms with E-state index in [-0.39, 0.29) is 11.6 Å². The molecule has 2 aliphatic rings. The molecule has 1 atom stereocenters. The van der Waals surface area contributed by atoms with Crippen LogP contribution < -0.4 is 0 Å². The van der Waals surface area contributed by atoms with Crippen molar-refractivity contribution in [2.75, 3.05) is 6.61 Å². The van der Waals surface area contributed by atoms with E-state index in [9.17, 15) is 4.79 Å². The fourth-order valence-electron chi connectivity index (χ4n) is 2.21. The third kappa shape index (κ3) is 1.92. The number of piperidine rings is 1. The van der Waals surface area contributed by atoms with E-state index in [1.54, 1.807) is 0 Å². The lowest BCUT2D eigenvalue weighted by molar-refractivity contribution is -0.148. The number of fused-ring (bicyclic) bond motifs is 1. The average Bonchev–Trinajstić information content (AvgIpc) is 2.47. The summed E-state index contributed by atoms with van der Waals surface area (Å²) in [4.78, 5) is 13.5. The van der Waals surface area contributed by atoms with E-state index in [0.29, 0.717) is 12.5 Å². The molecular weight excluding hydrogens is 178 g/mol. The van der Waals surface area contributed by atoms with Crippen molar-refractivity contribution in [3.05, 3.63) is 0 Å². The van der Waals surface area contributed by atoms with Crippen LogP contribution in [0.3, 0.4) is 0 Å². The van der Waals surface area contributed by atoms with Gasteiger partial charge in [-0.05, 0) is 26.7 Å². The quantitative estimate of drug-likeness (QED) is 0.598. The molecule has 2 fully saturated rings. The molecule has 0 aromatic carbocycles. The van der Waals surface area contributed by atoms with Gasteiger partial charge in [0, 0.05) is 6.42 Å². The van der Waals surface area contributed by atoms with E-state index in [1.807, 2.05) is 32.6 Å². The van der Waals surface area contributed by atoms with Gasteiger partial charge in [0.2, 0.25) is 5.91 Å². The summed E-state index contributed by atoms with van der Waals surface area (Å²) < 4.78 is 5.56. The molecule has 1 unspecified atom stereocenters. The summed E-state index contributed by atoms with van der Waals surface area (Å²) in [5.41, 5.74) is -0.359. The maximum Gasteiger partial charge on any atom is 0.225 e. The second-order valence-corrected chi connectivity index (χ2v) is 4.07. The van der Waals surface area contributed by atoms with Gasteiger partial charge in [0.05, 0.1) is 12.6 Å². The molecule has 0 aliphatic carbocycles. The van der Waals surface area contributed by atoms with E-state index >= 15 is 0 Å². The first kappa shape index (κ1) is 11.5. The van der Waals surface area contributed by atoms with Crippen LogP contribution in [0.4, 0.5) is 0 Å². The Morgan fingerprint density at radius 1 is 1.43 bits per heavy atom. The van der Waals surface area contributed by atoms with E-state index in [4.69, 9.17) is 4.74 Å². The van der Waals surface area contributed by atoms with Crippen LogP contribution >= 0.6 is 0 Å². The first-order chi connectivity index (χ1) is 6.61. The van der Waals surface area contributed by atoms with E-state index < -0.39 is 0 Å². The summed E-state index contributed by atoms with van der Waals surface area (Å²) in [6.07, 6.45) is 2.83. The van der Waals surface area contributed by atoms with Gasteiger partial charge in [-0.15, -0.1) is 0 Å². The Morgan fingerprint density at radius 2 is 2.07 bits per heavy atom. The summed E-state index contributed by atoms with van der Waals surface area (Å²) in [6, 6.07) is 0.348. The molecule has 0 radical (unpaired) electrons. The highest BCUT2D eigenvalue weighted by molar-refractivity contribution is 5.78. The molecule has 14 heavy (non-hydrogen) atoms. The number of rotatable bonds is 0. The second-order valence-electron chi connectivity index (χ2n) is 4.07. The fraction of sp³-hybridized carbons (Fsp3) is 0.909. The number of nitrogens with zero attached hydrogens (tertiary/aromatic N) is 1. The molecule has 0 spiro atoms. The maximum atomic E-state index is 11.5. The van der Waals surface area contributed by atoms with Gasteiger partial charge < -0.3 is 9.64 Å². The Kier molecular flexibility index (Phi) is 3.53. The molecule has 0 aromatic rings. The van der Waals surface area contributed by atoms with Crippen LogP contribution in [0.2, 0.25) is 0 Å². The van der Waals surface area contributed by atoms with Gasteiger partial charge >= 0.3 is 0 Å². The SMILES string of the molecule is CC.CC1(C)OCC2CCCC(=O)N21. The van der Waals surface area contributed by atoms with Crippen molar-refractivity contribution in [2.45, 2.75) is 58.7 Å². The minimum absolute atomic E-state index is 0.258. The predicted molar refractivity (Wildman–Crippen MR) is 55.9 cm³/mol. The van der Waals surface area contributed by atoms with Crippen molar-refractivity contribution in [3.63, 3.8) is 0 Å². The molecule has 2 heterocycles. The smallest absolute Gasteiger partial charge is 0.225 e. The minimum atomic E-state index is -0.359. The van der Waals surface area contributed by atoms with Gasteiger partial charge in [0.1, 0.15) is 5.72 Å². The van der Waals surface area contributed by atoms with Crippen LogP contribution in [0.25, 0.3) is 0 Å². The van der Waals surface area contributed by atoms with Crippen LogP contribution in [-0.2, 0) is 9.53 Å². The third-order valence-electron chi connectivity index (χ3n) is 2.77. The Balaban J connectivity index is 0.000000461. The molecule has 1 amide bonds. The molecule has 0 bridgehead atoms. The Hall–Kier alpha value is -0.570. The number of ether oxygens (including phenoxy) is 1. The molecule has 0 saturated carbocycles. The van der Waals surface area contributed by atoms with Gasteiger partial charge in [-0.3, -0.25) is 4.79 Å². The Bertz CT molecular complexity index is 213. The Morgan fingerprint density at radius 3 is 2.64 bits per heavy atom. The number of hydrogen-bond acceptors (Lipinski definition) is 2. The highest BCUT2D eigenvalue weighted by Gasteiger charge is 2.44. The lowest BCUT2D eigenvalue weighted by Gasteiger charge is -2.36. The predicted octanol–water partition coefficient (Wildman–Crippen LogP) is 2.16. The fourth-order valence-corrected chi connectivity index (χ4v) is 2.21. The summed E-state index contributed by atoms with van der Waals surface area (Å²) in [5.74, 6) is 0.258. The van der Waals surface area contributed by atoms with Crippen LogP contribution in [0.1, 0.15) is 47.0 Å². The van der Waals surface area contributed by atoms with Crippen molar-refractivity contribution in [3.8, 4) is 0 Å². The van der Waals surface area contributed by atoms with Crippen LogP contribution in [0.15, 0.2) is 0 Å². The standard InChI is InChI=1S/C9H15NO2.C2H6/c1-9(2)10-7(6-12-9)4-3-5-8(10)11;1-2/h7H,3-6H2,1-2H3;1-2H3. The first-order valence-electron chi connectivity index (χ1n) is 5.57. The molecular formula is C11H21NO2. The largest absolute Gasteiger partial charge is 0.354 e. The number of carbonyl (C=O) groups is 1.